The summed E-state index contributed by atoms with van der Waals surface area (Å²) in [5.41, 5.74) is 2.98. The van der Waals surface area contributed by atoms with Crippen LogP contribution < -0.4 is 0 Å². The largest absolute Gasteiger partial charge is 0.0970 e. The van der Waals surface area contributed by atoms with Crippen molar-refractivity contribution in [3.8, 4) is 71.0 Å². The molecule has 0 saturated carbocycles. The SMILES string of the molecule is BrC(Br)=C(C#CC#CC#CC#CC(C#Cc1ccccc1)=C(Br)Br)C#Cc1ccccc1. The first kappa shape index (κ1) is 25.5. The molecular weight excluding hydrogens is 656 g/mol. The van der Waals surface area contributed by atoms with Crippen molar-refractivity contribution in [1.29, 1.82) is 0 Å². The molecule has 0 spiro atoms. The molecule has 2 rings (SSSR count). The maximum Gasteiger partial charge on any atom is 0.0970 e. The average molecular weight is 666 g/mol. The quantitative estimate of drug-likeness (QED) is 0.264. The molecule has 0 aromatic heterocycles. The topological polar surface area (TPSA) is 0 Å². The van der Waals surface area contributed by atoms with Crippen molar-refractivity contribution >= 4 is 63.7 Å². The highest BCUT2D eigenvalue weighted by Gasteiger charge is 1.94. The van der Waals surface area contributed by atoms with Gasteiger partial charge in [0.2, 0.25) is 0 Å². The molecule has 0 aliphatic rings. The normalized spacial score (nSPS) is 7.75. The fourth-order valence-corrected chi connectivity index (χ4v) is 2.67. The Morgan fingerprint density at radius 2 is 0.781 bits per heavy atom. The summed E-state index contributed by atoms with van der Waals surface area (Å²) in [5.74, 6) is 34.0. The first-order valence-corrected chi connectivity index (χ1v) is 12.0. The van der Waals surface area contributed by atoms with E-state index in [-0.39, 0.29) is 0 Å². The van der Waals surface area contributed by atoms with Crippen molar-refractivity contribution in [1.82, 2.24) is 0 Å². The molecule has 0 fully saturated rings. The second-order valence-electron chi connectivity index (χ2n) is 5.50. The molecule has 0 amide bonds. The molecule has 32 heavy (non-hydrogen) atoms. The van der Waals surface area contributed by atoms with Gasteiger partial charge in [-0.3, -0.25) is 0 Å². The van der Waals surface area contributed by atoms with E-state index in [4.69, 9.17) is 0 Å². The zero-order valence-electron chi connectivity index (χ0n) is 16.3. The van der Waals surface area contributed by atoms with Gasteiger partial charge in [-0.1, -0.05) is 60.1 Å². The summed E-state index contributed by atoms with van der Waals surface area (Å²) in [6.07, 6.45) is 0. The van der Waals surface area contributed by atoms with Gasteiger partial charge in [-0.25, -0.2) is 0 Å². The average Bonchev–Trinajstić information content (AvgIpc) is 2.80. The maximum atomic E-state index is 3.34. The summed E-state index contributed by atoms with van der Waals surface area (Å²) in [5, 5.41) is 0. The fraction of sp³-hybridized carbons (Fsp3) is 0. The summed E-state index contributed by atoms with van der Waals surface area (Å²) >= 11 is 13.4. The third kappa shape index (κ3) is 10.5. The molecule has 0 N–H and O–H groups in total. The Kier molecular flexibility index (Phi) is 12.0. The van der Waals surface area contributed by atoms with Crippen LogP contribution in [0.2, 0.25) is 0 Å². The van der Waals surface area contributed by atoms with Gasteiger partial charge in [0.1, 0.15) is 0 Å². The van der Waals surface area contributed by atoms with Crippen LogP contribution in [-0.4, -0.2) is 0 Å². The number of benzene rings is 2. The van der Waals surface area contributed by atoms with Crippen LogP contribution in [0.1, 0.15) is 11.1 Å². The third-order valence-electron chi connectivity index (χ3n) is 3.28. The van der Waals surface area contributed by atoms with Crippen molar-refractivity contribution < 1.29 is 0 Å². The smallest absolute Gasteiger partial charge is 0.0622 e. The van der Waals surface area contributed by atoms with Crippen LogP contribution in [0.4, 0.5) is 0 Å². The van der Waals surface area contributed by atoms with E-state index < -0.39 is 0 Å². The van der Waals surface area contributed by atoms with E-state index in [9.17, 15) is 0 Å². The predicted octanol–water partition coefficient (Wildman–Crippen LogP) is 7.11. The second-order valence-corrected chi connectivity index (χ2v) is 10.8. The van der Waals surface area contributed by atoms with Crippen molar-refractivity contribution in [3.05, 3.63) is 89.7 Å². The molecular formula is C28H10Br4. The molecule has 0 heterocycles. The molecule has 0 aliphatic heterocycles. The molecule has 0 bridgehead atoms. The van der Waals surface area contributed by atoms with Gasteiger partial charge in [0.05, 0.1) is 17.9 Å². The summed E-state index contributed by atoms with van der Waals surface area (Å²) < 4.78 is 1.33. The van der Waals surface area contributed by atoms with Crippen molar-refractivity contribution in [2.75, 3.05) is 0 Å². The minimum Gasteiger partial charge on any atom is -0.0622 e. The molecule has 150 valence electrons. The number of hydrogen-bond acceptors (Lipinski definition) is 0. The Morgan fingerprint density at radius 3 is 1.12 bits per heavy atom. The molecule has 0 saturated heterocycles. The Bertz CT molecular complexity index is 1290. The fourth-order valence-electron chi connectivity index (χ4n) is 1.88. The zero-order valence-corrected chi connectivity index (χ0v) is 22.6. The Labute approximate surface area is 222 Å². The second kappa shape index (κ2) is 15.1. The lowest BCUT2D eigenvalue weighted by Crippen LogP contribution is -1.76. The van der Waals surface area contributed by atoms with Gasteiger partial charge in [0.25, 0.3) is 0 Å². The van der Waals surface area contributed by atoms with Gasteiger partial charge in [-0.2, -0.15) is 0 Å². The first-order valence-electron chi connectivity index (χ1n) is 8.83. The van der Waals surface area contributed by atoms with Crippen LogP contribution in [-0.2, 0) is 0 Å². The standard InChI is InChI=1S/C28H10Br4/c29-27(30)25(21-19-23-13-7-5-8-14-23)17-11-3-1-2-4-12-18-26(28(31)32)22-20-24-15-9-6-10-16-24/h5-10,13-16H. The monoisotopic (exact) mass is 662 g/mol. The Hall–Kier alpha value is -2.80. The molecule has 2 aromatic carbocycles. The molecule has 0 nitrogen and oxygen atoms in total. The van der Waals surface area contributed by atoms with Crippen LogP contribution in [0, 0.1) is 71.0 Å². The van der Waals surface area contributed by atoms with Crippen molar-refractivity contribution in [3.63, 3.8) is 0 Å². The van der Waals surface area contributed by atoms with E-state index in [1.54, 1.807) is 0 Å². The highest BCUT2D eigenvalue weighted by molar-refractivity contribution is 9.28. The van der Waals surface area contributed by atoms with Gasteiger partial charge in [0, 0.05) is 11.1 Å². The minimum absolute atomic E-state index is 0.588. The van der Waals surface area contributed by atoms with E-state index in [2.05, 4.69) is 135 Å². The van der Waals surface area contributed by atoms with Gasteiger partial charge < -0.3 is 0 Å². The van der Waals surface area contributed by atoms with E-state index >= 15 is 0 Å². The Morgan fingerprint density at radius 1 is 0.438 bits per heavy atom. The molecule has 0 unspecified atom stereocenters. The zero-order chi connectivity index (χ0) is 23.0. The van der Waals surface area contributed by atoms with Crippen molar-refractivity contribution in [2.24, 2.45) is 0 Å². The van der Waals surface area contributed by atoms with Crippen LogP contribution in [0.5, 0.6) is 0 Å². The lowest BCUT2D eigenvalue weighted by molar-refractivity contribution is 1.65. The first-order chi connectivity index (χ1) is 15.6. The summed E-state index contributed by atoms with van der Waals surface area (Å²) in [4.78, 5) is 0. The maximum absolute atomic E-state index is 3.34. The third-order valence-corrected chi connectivity index (χ3v) is 4.86. The van der Waals surface area contributed by atoms with Gasteiger partial charge in [0.15, 0.2) is 0 Å². The molecule has 4 heteroatoms. The highest BCUT2D eigenvalue weighted by atomic mass is 79.9. The number of hydrogen-bond donors (Lipinski definition) is 0. The van der Waals surface area contributed by atoms with Gasteiger partial charge in [-0.05, 0) is 135 Å². The van der Waals surface area contributed by atoms with Crippen LogP contribution >= 0.6 is 63.7 Å². The Balaban J connectivity index is 2.06. The summed E-state index contributed by atoms with van der Waals surface area (Å²) in [7, 11) is 0. The molecule has 0 atom stereocenters. The highest BCUT2D eigenvalue weighted by Crippen LogP contribution is 2.18. The van der Waals surface area contributed by atoms with Gasteiger partial charge >= 0.3 is 0 Å². The van der Waals surface area contributed by atoms with Gasteiger partial charge in [-0.15, -0.1) is 0 Å². The lowest BCUT2D eigenvalue weighted by Gasteiger charge is -1.88. The van der Waals surface area contributed by atoms with E-state index in [1.807, 2.05) is 60.7 Å². The lowest BCUT2D eigenvalue weighted by atomic mass is 10.2. The number of rotatable bonds is 0. The molecule has 2 aromatic rings. The minimum atomic E-state index is 0.588. The van der Waals surface area contributed by atoms with Crippen LogP contribution in [0.3, 0.4) is 0 Å². The predicted molar refractivity (Wildman–Crippen MR) is 148 cm³/mol. The summed E-state index contributed by atoms with van der Waals surface area (Å²) in [6.45, 7) is 0. The molecule has 0 radical (unpaired) electrons. The van der Waals surface area contributed by atoms with Crippen LogP contribution in [0.15, 0.2) is 78.6 Å². The van der Waals surface area contributed by atoms with Crippen LogP contribution in [0.25, 0.3) is 0 Å². The van der Waals surface area contributed by atoms with E-state index in [0.29, 0.717) is 17.9 Å². The number of allylic oxidation sites excluding steroid dienone is 2. The summed E-state index contributed by atoms with van der Waals surface area (Å²) in [6, 6.07) is 19.3. The van der Waals surface area contributed by atoms with Crippen molar-refractivity contribution in [2.45, 2.75) is 0 Å². The number of halogens is 4. The molecule has 0 aliphatic carbocycles. The van der Waals surface area contributed by atoms with E-state index in [1.165, 1.54) is 0 Å². The van der Waals surface area contributed by atoms with E-state index in [0.717, 1.165) is 11.1 Å².